The van der Waals surface area contributed by atoms with Crippen molar-refractivity contribution in [2.45, 2.75) is 31.2 Å². The van der Waals surface area contributed by atoms with Crippen molar-refractivity contribution in [2.24, 2.45) is 0 Å². The summed E-state index contributed by atoms with van der Waals surface area (Å²) >= 11 is 0. The number of anilines is 1. The van der Waals surface area contributed by atoms with Crippen LogP contribution >= 0.6 is 0 Å². The van der Waals surface area contributed by atoms with Gasteiger partial charge >= 0.3 is 6.03 Å². The molecule has 1 fully saturated rings. The third kappa shape index (κ3) is 4.69. The monoisotopic (exact) mass is 462 g/mol. The molecular weight excluding hydrogens is 431 g/mol. The van der Waals surface area contributed by atoms with Crippen LogP contribution in [0, 0.1) is 5.82 Å². The van der Waals surface area contributed by atoms with Crippen LogP contribution in [0.2, 0.25) is 0 Å². The minimum absolute atomic E-state index is 0.0801. The maximum absolute atomic E-state index is 13.5. The predicted octanol–water partition coefficient (Wildman–Crippen LogP) is 3.31. The number of hydrogen-bond acceptors (Lipinski definition) is 4. The summed E-state index contributed by atoms with van der Waals surface area (Å²) in [4.78, 5) is 15.6. The Morgan fingerprint density at radius 2 is 1.88 bits per heavy atom. The number of urea groups is 1. The highest BCUT2D eigenvalue weighted by molar-refractivity contribution is 5.90. The van der Waals surface area contributed by atoms with E-state index in [1.54, 1.807) is 0 Å². The average Bonchev–Trinajstić information content (AvgIpc) is 3.55. The molecule has 2 aromatic carbocycles. The second kappa shape index (κ2) is 9.95. The van der Waals surface area contributed by atoms with Gasteiger partial charge in [0.25, 0.3) is 0 Å². The zero-order chi connectivity index (χ0) is 23.5. The van der Waals surface area contributed by atoms with Gasteiger partial charge in [-0.1, -0.05) is 30.3 Å². The molecule has 0 spiro atoms. The lowest BCUT2D eigenvalue weighted by Crippen LogP contribution is -2.42. The fraction of sp³-hybridized carbons (Fsp3) is 0.385. The van der Waals surface area contributed by atoms with E-state index in [2.05, 4.69) is 20.9 Å². The van der Waals surface area contributed by atoms with E-state index in [4.69, 9.17) is 5.10 Å². The van der Waals surface area contributed by atoms with Crippen LogP contribution in [0.5, 0.6) is 0 Å². The van der Waals surface area contributed by atoms with Crippen molar-refractivity contribution < 1.29 is 9.18 Å². The predicted molar refractivity (Wildman–Crippen MR) is 131 cm³/mol. The number of nitrogens with zero attached hydrogens (tertiary/aromatic N) is 3. The summed E-state index contributed by atoms with van der Waals surface area (Å²) in [6.45, 7) is 3.32. The van der Waals surface area contributed by atoms with E-state index in [-0.39, 0.29) is 23.8 Å². The van der Waals surface area contributed by atoms with Gasteiger partial charge in [-0.25, -0.2) is 13.9 Å². The summed E-state index contributed by atoms with van der Waals surface area (Å²) < 4.78 is 15.4. The molecule has 2 aliphatic rings. The summed E-state index contributed by atoms with van der Waals surface area (Å²) in [5, 5.41) is 14.3. The summed E-state index contributed by atoms with van der Waals surface area (Å²) in [7, 11) is 1.94. The van der Waals surface area contributed by atoms with E-state index in [1.807, 2.05) is 54.2 Å². The maximum Gasteiger partial charge on any atom is 0.320 e. The molecule has 1 saturated heterocycles. The van der Waals surface area contributed by atoms with Crippen LogP contribution < -0.4 is 16.0 Å². The highest BCUT2D eigenvalue weighted by Gasteiger charge is 2.35. The number of hydrogen-bond donors (Lipinski definition) is 3. The maximum atomic E-state index is 13.5. The van der Waals surface area contributed by atoms with Crippen LogP contribution in [-0.2, 0) is 12.8 Å². The van der Waals surface area contributed by atoms with E-state index >= 15 is 0 Å². The Balaban J connectivity index is 1.35. The number of rotatable bonds is 7. The lowest BCUT2D eigenvalue weighted by Gasteiger charge is -2.21. The van der Waals surface area contributed by atoms with Crippen LogP contribution in [0.25, 0.3) is 5.69 Å². The quantitative estimate of drug-likeness (QED) is 0.504. The van der Waals surface area contributed by atoms with Crippen molar-refractivity contribution >= 4 is 11.8 Å². The SMILES string of the molecule is CNCCN1CC(NC(=O)Nc2c3c(nn2-c2ccccc2)CCC3)[C@H](c2ccc(F)cc2)C1. The van der Waals surface area contributed by atoms with E-state index in [9.17, 15) is 9.18 Å². The van der Waals surface area contributed by atoms with Gasteiger partial charge in [0.05, 0.1) is 17.4 Å². The lowest BCUT2D eigenvalue weighted by molar-refractivity contribution is 0.247. The van der Waals surface area contributed by atoms with Crippen molar-refractivity contribution in [3.8, 4) is 5.69 Å². The highest BCUT2D eigenvalue weighted by Crippen LogP contribution is 2.32. The molecule has 0 saturated carbocycles. The van der Waals surface area contributed by atoms with Crippen LogP contribution in [-0.4, -0.2) is 60.0 Å². The minimum Gasteiger partial charge on any atom is -0.333 e. The Hall–Kier alpha value is -3.23. The van der Waals surface area contributed by atoms with Gasteiger partial charge < -0.3 is 10.6 Å². The summed E-state index contributed by atoms with van der Waals surface area (Å²) in [6.07, 6.45) is 2.90. The highest BCUT2D eigenvalue weighted by atomic mass is 19.1. The number of aromatic nitrogens is 2. The van der Waals surface area contributed by atoms with Crippen LogP contribution in [0.3, 0.4) is 0 Å². The smallest absolute Gasteiger partial charge is 0.320 e. The van der Waals surface area contributed by atoms with Crippen LogP contribution in [0.15, 0.2) is 54.6 Å². The molecule has 8 heteroatoms. The number of nitrogens with one attached hydrogen (secondary N) is 3. The number of likely N-dealkylation sites (N-methyl/N-ethyl adjacent to an activating group) is 1. The Morgan fingerprint density at radius 1 is 1.09 bits per heavy atom. The Morgan fingerprint density at radius 3 is 2.65 bits per heavy atom. The number of likely N-dealkylation sites (tertiary alicyclic amines) is 1. The fourth-order valence-electron chi connectivity index (χ4n) is 5.12. The second-order valence-electron chi connectivity index (χ2n) is 9.10. The average molecular weight is 463 g/mol. The number of carbonyl (C=O) groups excluding carboxylic acids is 1. The number of fused-ring (bicyclic) bond motifs is 1. The molecule has 1 unspecified atom stereocenters. The van der Waals surface area contributed by atoms with E-state index in [0.717, 1.165) is 73.8 Å². The molecule has 1 aromatic heterocycles. The summed E-state index contributed by atoms with van der Waals surface area (Å²) in [6, 6.07) is 16.2. The standard InChI is InChI=1S/C26H31FN6O/c1-28-14-15-32-16-22(18-10-12-19(27)13-11-18)24(17-32)29-26(34)30-25-21-8-5-9-23(21)31-33(25)20-6-3-2-4-7-20/h2-4,6-7,10-13,22,24,28H,5,8-9,14-17H2,1H3,(H2,29,30,34)/t22-,24?/m0/s1. The van der Waals surface area contributed by atoms with Crippen molar-refractivity contribution in [1.29, 1.82) is 0 Å². The molecule has 178 valence electrons. The first kappa shape index (κ1) is 22.6. The molecule has 1 aliphatic carbocycles. The number of para-hydroxylation sites is 1. The van der Waals surface area contributed by atoms with Gasteiger partial charge in [-0.15, -0.1) is 0 Å². The molecule has 34 heavy (non-hydrogen) atoms. The Kier molecular flexibility index (Phi) is 6.60. The zero-order valence-electron chi connectivity index (χ0n) is 19.4. The van der Waals surface area contributed by atoms with Crippen LogP contribution in [0.1, 0.15) is 29.2 Å². The first-order chi connectivity index (χ1) is 16.6. The normalized spacial score (nSPS) is 19.8. The first-order valence-corrected chi connectivity index (χ1v) is 12.0. The topological polar surface area (TPSA) is 74.2 Å². The number of halogens is 1. The van der Waals surface area contributed by atoms with Crippen molar-refractivity contribution in [1.82, 2.24) is 25.3 Å². The molecule has 7 nitrogen and oxygen atoms in total. The first-order valence-electron chi connectivity index (χ1n) is 12.0. The van der Waals surface area contributed by atoms with Gasteiger partial charge in [0.15, 0.2) is 0 Å². The molecular formula is C26H31FN6O. The third-order valence-electron chi connectivity index (χ3n) is 6.83. The molecule has 2 heterocycles. The molecule has 3 aromatic rings. The molecule has 1 aliphatic heterocycles. The van der Waals surface area contributed by atoms with Crippen LogP contribution in [0.4, 0.5) is 15.0 Å². The van der Waals surface area contributed by atoms with Gasteiger partial charge in [0.1, 0.15) is 11.6 Å². The largest absolute Gasteiger partial charge is 0.333 e. The van der Waals surface area contributed by atoms with Gasteiger partial charge in [-0.2, -0.15) is 5.10 Å². The lowest BCUT2D eigenvalue weighted by atomic mass is 9.94. The summed E-state index contributed by atoms with van der Waals surface area (Å²) in [5.41, 5.74) is 4.14. The van der Waals surface area contributed by atoms with Crippen molar-refractivity contribution in [3.63, 3.8) is 0 Å². The number of carbonyl (C=O) groups is 1. The number of aryl methyl sites for hydroxylation is 1. The van der Waals surface area contributed by atoms with Gasteiger partial charge in [0, 0.05) is 37.7 Å². The Labute approximate surface area is 199 Å². The van der Waals surface area contributed by atoms with E-state index in [1.165, 1.54) is 12.1 Å². The molecule has 0 radical (unpaired) electrons. The second-order valence-corrected chi connectivity index (χ2v) is 9.10. The zero-order valence-corrected chi connectivity index (χ0v) is 19.4. The summed E-state index contributed by atoms with van der Waals surface area (Å²) in [5.74, 6) is 0.589. The van der Waals surface area contributed by atoms with Crippen molar-refractivity contribution in [2.75, 3.05) is 38.5 Å². The van der Waals surface area contributed by atoms with Crippen molar-refractivity contribution in [3.05, 3.63) is 77.2 Å². The number of amides is 2. The third-order valence-corrected chi connectivity index (χ3v) is 6.83. The molecule has 0 bridgehead atoms. The van der Waals surface area contributed by atoms with Gasteiger partial charge in [0.2, 0.25) is 0 Å². The fourth-order valence-corrected chi connectivity index (χ4v) is 5.12. The van der Waals surface area contributed by atoms with E-state index in [0.29, 0.717) is 0 Å². The molecule has 2 amide bonds. The molecule has 3 N–H and O–H groups in total. The minimum atomic E-state index is -0.251. The van der Waals surface area contributed by atoms with Gasteiger partial charge in [-0.3, -0.25) is 10.2 Å². The van der Waals surface area contributed by atoms with Gasteiger partial charge in [-0.05, 0) is 56.1 Å². The number of benzene rings is 2. The molecule has 5 rings (SSSR count). The molecule has 2 atom stereocenters. The Bertz CT molecular complexity index is 1130. The van der Waals surface area contributed by atoms with E-state index < -0.39 is 0 Å².